The van der Waals surface area contributed by atoms with E-state index in [1.165, 1.54) is 16.0 Å². The zero-order chi connectivity index (χ0) is 32.5. The standard InChI is InChI=1S/C34H35FN8O3S/c1-33(2,3)46-32(45)42-18-34(19-42)16-41(17-34)23-9-6-21(7-10-23)24-11-8-22-15-43(39-27(22)26(24)35)29(30(44)38-31-36-12-14-47-31)28-25-5-4-13-40(25)20-37-28/h6-12,14-15,20,29H,4-5,13,16-19H2,1-3H3,(H,36,38,44). The van der Waals surface area contributed by atoms with Crippen LogP contribution in [-0.2, 0) is 22.5 Å². The van der Waals surface area contributed by atoms with E-state index in [2.05, 4.69) is 29.9 Å². The Hall–Kier alpha value is -4.78. The molecule has 1 unspecified atom stereocenters. The summed E-state index contributed by atoms with van der Waals surface area (Å²) in [5, 5.41) is 10.4. The van der Waals surface area contributed by atoms with Gasteiger partial charge in [0, 0.05) is 78.2 Å². The topological polar surface area (TPSA) is 110 Å². The van der Waals surface area contributed by atoms with Gasteiger partial charge in [0.1, 0.15) is 11.1 Å². The molecule has 3 aliphatic rings. The minimum atomic E-state index is -0.880. The molecule has 47 heavy (non-hydrogen) atoms. The molecule has 1 N–H and O–H groups in total. The molecule has 242 valence electrons. The molecule has 1 atom stereocenters. The average molecular weight is 655 g/mol. The van der Waals surface area contributed by atoms with Crippen molar-refractivity contribution in [1.82, 2.24) is 29.2 Å². The van der Waals surface area contributed by atoms with Gasteiger partial charge in [-0.15, -0.1) is 11.3 Å². The molecule has 8 rings (SSSR count). The number of nitrogens with zero attached hydrogens (tertiary/aromatic N) is 7. The number of ether oxygens (including phenoxy) is 1. The number of likely N-dealkylation sites (tertiary alicyclic amines) is 1. The number of anilines is 2. The summed E-state index contributed by atoms with van der Waals surface area (Å²) in [5.74, 6) is -0.771. The van der Waals surface area contributed by atoms with Gasteiger partial charge in [-0.3, -0.25) is 14.8 Å². The number of imidazole rings is 1. The van der Waals surface area contributed by atoms with Gasteiger partial charge in [-0.2, -0.15) is 5.10 Å². The number of benzene rings is 2. The molecule has 2 amide bonds. The van der Waals surface area contributed by atoms with E-state index >= 15 is 4.39 Å². The van der Waals surface area contributed by atoms with Crippen LogP contribution in [0.15, 0.2) is 60.5 Å². The second-order valence-electron chi connectivity index (χ2n) is 13.8. The van der Waals surface area contributed by atoms with Gasteiger partial charge < -0.3 is 19.1 Å². The zero-order valence-corrected chi connectivity index (χ0v) is 27.3. The number of carbonyl (C=O) groups is 2. The highest BCUT2D eigenvalue weighted by Crippen LogP contribution is 2.43. The van der Waals surface area contributed by atoms with Crippen LogP contribution in [-0.4, -0.2) is 73.0 Å². The van der Waals surface area contributed by atoms with Crippen LogP contribution < -0.4 is 10.2 Å². The average Bonchev–Trinajstić information content (AvgIpc) is 3.78. The molecule has 0 aliphatic carbocycles. The van der Waals surface area contributed by atoms with Crippen molar-refractivity contribution < 1.29 is 18.7 Å². The maximum Gasteiger partial charge on any atom is 0.410 e. The van der Waals surface area contributed by atoms with Gasteiger partial charge in [0.05, 0.1) is 12.0 Å². The fourth-order valence-electron chi connectivity index (χ4n) is 7.01. The predicted octanol–water partition coefficient (Wildman–Crippen LogP) is 5.73. The summed E-state index contributed by atoms with van der Waals surface area (Å²) in [6.45, 7) is 9.60. The molecule has 2 saturated heterocycles. The molecule has 13 heteroatoms. The van der Waals surface area contributed by atoms with E-state index in [9.17, 15) is 9.59 Å². The number of rotatable bonds is 6. The van der Waals surface area contributed by atoms with Gasteiger partial charge in [-0.05, 0) is 51.3 Å². The van der Waals surface area contributed by atoms with Crippen LogP contribution in [0.1, 0.15) is 44.6 Å². The van der Waals surface area contributed by atoms with Crippen molar-refractivity contribution in [2.24, 2.45) is 5.41 Å². The van der Waals surface area contributed by atoms with Crippen molar-refractivity contribution in [2.75, 3.05) is 36.4 Å². The van der Waals surface area contributed by atoms with Crippen LogP contribution in [0, 0.1) is 11.2 Å². The number of aryl methyl sites for hydroxylation is 1. The van der Waals surface area contributed by atoms with Crippen molar-refractivity contribution in [2.45, 2.75) is 51.8 Å². The monoisotopic (exact) mass is 654 g/mol. The Morgan fingerprint density at radius 3 is 2.57 bits per heavy atom. The normalized spacial score (nSPS) is 17.4. The fraction of sp³-hybridized carbons (Fsp3) is 0.382. The van der Waals surface area contributed by atoms with Crippen molar-refractivity contribution >= 4 is 45.1 Å². The van der Waals surface area contributed by atoms with Crippen molar-refractivity contribution in [3.8, 4) is 11.1 Å². The van der Waals surface area contributed by atoms with Gasteiger partial charge in [-0.25, -0.2) is 19.2 Å². The third-order valence-electron chi connectivity index (χ3n) is 9.16. The molecular weight excluding hydrogens is 619 g/mol. The first-order chi connectivity index (χ1) is 22.6. The quantitative estimate of drug-likeness (QED) is 0.249. The van der Waals surface area contributed by atoms with E-state index in [1.807, 2.05) is 51.1 Å². The SMILES string of the molecule is CC(C)(C)OC(=O)N1CC2(C1)CN(c1ccc(-c3ccc4cn(C(C(=O)Nc5nccs5)c5ncn6c5CCC6)nc4c3F)cc1)C2. The molecule has 0 bridgehead atoms. The van der Waals surface area contributed by atoms with E-state index < -0.39 is 17.5 Å². The number of hydrogen-bond donors (Lipinski definition) is 1. The third kappa shape index (κ3) is 5.32. The van der Waals surface area contributed by atoms with Crippen molar-refractivity contribution in [3.63, 3.8) is 0 Å². The van der Waals surface area contributed by atoms with Crippen LogP contribution >= 0.6 is 11.3 Å². The number of thiazole rings is 1. The maximum absolute atomic E-state index is 16.1. The largest absolute Gasteiger partial charge is 0.444 e. The van der Waals surface area contributed by atoms with Crippen molar-refractivity contribution in [3.05, 3.63) is 77.7 Å². The minimum Gasteiger partial charge on any atom is -0.444 e. The summed E-state index contributed by atoms with van der Waals surface area (Å²) in [4.78, 5) is 38.9. The summed E-state index contributed by atoms with van der Waals surface area (Å²) in [7, 11) is 0. The summed E-state index contributed by atoms with van der Waals surface area (Å²) < 4.78 is 25.2. The van der Waals surface area contributed by atoms with E-state index in [-0.39, 0.29) is 22.9 Å². The fourth-order valence-corrected chi connectivity index (χ4v) is 7.54. The molecule has 0 saturated carbocycles. The number of carbonyl (C=O) groups excluding carboxylic acids is 2. The summed E-state index contributed by atoms with van der Waals surface area (Å²) in [6, 6.07) is 10.6. The highest BCUT2D eigenvalue weighted by molar-refractivity contribution is 7.13. The Morgan fingerprint density at radius 2 is 1.85 bits per heavy atom. The number of hydrogen-bond acceptors (Lipinski definition) is 8. The predicted molar refractivity (Wildman–Crippen MR) is 177 cm³/mol. The lowest BCUT2D eigenvalue weighted by molar-refractivity contribution is -0.118. The molecule has 2 aromatic carbocycles. The van der Waals surface area contributed by atoms with Crippen LogP contribution in [0.25, 0.3) is 22.0 Å². The molecule has 6 heterocycles. The number of amides is 2. The Balaban J connectivity index is 1.01. The van der Waals surface area contributed by atoms with E-state index in [4.69, 9.17) is 4.74 Å². The molecule has 1 spiro atoms. The van der Waals surface area contributed by atoms with Gasteiger partial charge in [-0.1, -0.05) is 24.3 Å². The molecule has 11 nitrogen and oxygen atoms in total. The van der Waals surface area contributed by atoms with E-state index in [0.29, 0.717) is 34.9 Å². The second kappa shape index (κ2) is 10.9. The number of halogens is 1. The lowest BCUT2D eigenvalue weighted by atomic mass is 9.73. The lowest BCUT2D eigenvalue weighted by Gasteiger charge is -2.60. The number of fused-ring (bicyclic) bond motifs is 2. The highest BCUT2D eigenvalue weighted by Gasteiger charge is 2.54. The zero-order valence-electron chi connectivity index (χ0n) is 26.4. The van der Waals surface area contributed by atoms with Crippen LogP contribution in [0.2, 0.25) is 0 Å². The first-order valence-electron chi connectivity index (χ1n) is 15.8. The van der Waals surface area contributed by atoms with Crippen LogP contribution in [0.4, 0.5) is 20.0 Å². The van der Waals surface area contributed by atoms with Gasteiger partial charge >= 0.3 is 6.09 Å². The molecule has 3 aromatic heterocycles. The van der Waals surface area contributed by atoms with Crippen LogP contribution in [0.5, 0.6) is 0 Å². The summed E-state index contributed by atoms with van der Waals surface area (Å²) >= 11 is 1.33. The maximum atomic E-state index is 16.1. The molecule has 2 fully saturated rings. The van der Waals surface area contributed by atoms with E-state index in [1.54, 1.807) is 35.1 Å². The lowest BCUT2D eigenvalue weighted by Crippen LogP contribution is -2.73. The van der Waals surface area contributed by atoms with Gasteiger partial charge in [0.25, 0.3) is 5.91 Å². The first-order valence-corrected chi connectivity index (χ1v) is 16.7. The number of nitrogens with one attached hydrogen (secondary N) is 1. The van der Waals surface area contributed by atoms with E-state index in [0.717, 1.165) is 49.4 Å². The Bertz CT molecular complexity index is 1980. The molecule has 3 aliphatic heterocycles. The minimum absolute atomic E-state index is 0.108. The smallest absolute Gasteiger partial charge is 0.410 e. The first kappa shape index (κ1) is 29.6. The van der Waals surface area contributed by atoms with Gasteiger partial charge in [0.2, 0.25) is 0 Å². The Kier molecular flexibility index (Phi) is 6.87. The number of aromatic nitrogens is 5. The summed E-state index contributed by atoms with van der Waals surface area (Å²) in [6.07, 6.45) is 6.64. The molecule has 0 radical (unpaired) electrons. The highest BCUT2D eigenvalue weighted by atomic mass is 32.1. The molecule has 5 aromatic rings. The Labute approximate surface area is 275 Å². The van der Waals surface area contributed by atoms with Crippen LogP contribution in [0.3, 0.4) is 0 Å². The Morgan fingerprint density at radius 1 is 1.06 bits per heavy atom. The second-order valence-corrected chi connectivity index (χ2v) is 14.7. The summed E-state index contributed by atoms with van der Waals surface area (Å²) in [5.41, 5.74) is 3.65. The molecular formula is C34H35FN8O3S. The van der Waals surface area contributed by atoms with Crippen molar-refractivity contribution in [1.29, 1.82) is 0 Å². The third-order valence-corrected chi connectivity index (χ3v) is 9.85. The van der Waals surface area contributed by atoms with Gasteiger partial charge in [0.15, 0.2) is 17.0 Å².